The lowest BCUT2D eigenvalue weighted by Crippen LogP contribution is -2.19. The molecule has 0 aromatic rings. The monoisotopic (exact) mass is 310 g/mol. The number of rotatable bonds is 16. The van der Waals surface area contributed by atoms with Crippen molar-refractivity contribution >= 4 is 0 Å². The number of hydrogen-bond donors (Lipinski definition) is 0. The van der Waals surface area contributed by atoms with Crippen molar-refractivity contribution in [2.24, 2.45) is 17.8 Å². The first kappa shape index (κ1) is 22.0. The van der Waals surface area contributed by atoms with Gasteiger partial charge in [0.1, 0.15) is 0 Å². The van der Waals surface area contributed by atoms with Crippen LogP contribution in [0, 0.1) is 17.8 Å². The Morgan fingerprint density at radius 3 is 1.41 bits per heavy atom. The minimum Gasteiger partial charge on any atom is -0.0654 e. The third kappa shape index (κ3) is 11.6. The van der Waals surface area contributed by atoms with Gasteiger partial charge in [-0.05, 0) is 17.8 Å². The summed E-state index contributed by atoms with van der Waals surface area (Å²) >= 11 is 0. The molecule has 0 saturated heterocycles. The van der Waals surface area contributed by atoms with Gasteiger partial charge in [0.25, 0.3) is 0 Å². The minimum absolute atomic E-state index is 0.926. The van der Waals surface area contributed by atoms with Crippen LogP contribution in [-0.2, 0) is 0 Å². The number of hydrogen-bond acceptors (Lipinski definition) is 0. The van der Waals surface area contributed by atoms with Crippen molar-refractivity contribution in [3.8, 4) is 0 Å². The third-order valence-electron chi connectivity index (χ3n) is 5.76. The topological polar surface area (TPSA) is 0 Å². The molecule has 134 valence electrons. The summed E-state index contributed by atoms with van der Waals surface area (Å²) < 4.78 is 0. The van der Waals surface area contributed by atoms with E-state index in [0.717, 1.165) is 17.8 Å². The Balaban J connectivity index is 4.16. The van der Waals surface area contributed by atoms with Crippen molar-refractivity contribution in [1.82, 2.24) is 0 Å². The van der Waals surface area contributed by atoms with Crippen LogP contribution in [0.5, 0.6) is 0 Å². The maximum atomic E-state index is 2.56. The Bertz CT molecular complexity index is 208. The van der Waals surface area contributed by atoms with Gasteiger partial charge in [0.15, 0.2) is 0 Å². The summed E-state index contributed by atoms with van der Waals surface area (Å²) in [6.45, 7) is 12.0. The van der Waals surface area contributed by atoms with Crippen LogP contribution in [-0.4, -0.2) is 0 Å². The first-order valence-corrected chi connectivity index (χ1v) is 10.7. The molecule has 0 spiro atoms. The molecule has 0 nitrogen and oxygen atoms in total. The molecule has 0 saturated carbocycles. The van der Waals surface area contributed by atoms with Crippen LogP contribution >= 0.6 is 0 Å². The van der Waals surface area contributed by atoms with Gasteiger partial charge in [-0.2, -0.15) is 0 Å². The average Bonchev–Trinajstić information content (AvgIpc) is 2.53. The summed E-state index contributed by atoms with van der Waals surface area (Å²) in [6.07, 6.45) is 20.1. The zero-order chi connectivity index (χ0) is 16.6. The molecule has 0 fully saturated rings. The predicted octanol–water partition coefficient (Wildman–Crippen LogP) is 8.40. The van der Waals surface area contributed by atoms with E-state index >= 15 is 0 Å². The largest absolute Gasteiger partial charge is 0.0654 e. The van der Waals surface area contributed by atoms with Crippen molar-refractivity contribution in [2.75, 3.05) is 0 Å². The third-order valence-corrected chi connectivity index (χ3v) is 5.76. The molecular formula is C22H46. The molecule has 0 heteroatoms. The van der Waals surface area contributed by atoms with Crippen LogP contribution in [0.25, 0.3) is 0 Å². The molecule has 3 atom stereocenters. The summed E-state index contributed by atoms with van der Waals surface area (Å²) in [5.41, 5.74) is 0. The van der Waals surface area contributed by atoms with Gasteiger partial charge in [-0.15, -0.1) is 0 Å². The summed E-state index contributed by atoms with van der Waals surface area (Å²) in [6, 6.07) is 0. The smallest absolute Gasteiger partial charge is 0.0386 e. The van der Waals surface area contributed by atoms with Gasteiger partial charge in [-0.1, -0.05) is 125 Å². The molecule has 0 radical (unpaired) electrons. The molecule has 0 aromatic carbocycles. The molecule has 0 rings (SSSR count). The Kier molecular flexibility index (Phi) is 15.9. The first-order chi connectivity index (χ1) is 10.7. The lowest BCUT2D eigenvalue weighted by molar-refractivity contribution is 0.213. The highest BCUT2D eigenvalue weighted by atomic mass is 14.3. The first-order valence-electron chi connectivity index (χ1n) is 10.7. The minimum atomic E-state index is 0.926. The highest BCUT2D eigenvalue weighted by molar-refractivity contribution is 4.72. The van der Waals surface area contributed by atoms with Gasteiger partial charge < -0.3 is 0 Å². The second-order valence-electron chi connectivity index (χ2n) is 7.79. The van der Waals surface area contributed by atoms with E-state index in [1.54, 1.807) is 0 Å². The van der Waals surface area contributed by atoms with E-state index < -0.39 is 0 Å². The molecule has 0 aliphatic heterocycles. The Hall–Kier alpha value is 0. The van der Waals surface area contributed by atoms with Crippen molar-refractivity contribution in [2.45, 2.75) is 125 Å². The standard InChI is InChI=1S/C22H46/c1-6-9-12-15-17-20(4)21(5)22(18-14-11-8-3)19-16-13-10-7-2/h20-22H,6-19H2,1-5H3. The quantitative estimate of drug-likeness (QED) is 0.251. The van der Waals surface area contributed by atoms with Crippen LogP contribution in [0.15, 0.2) is 0 Å². The molecule has 0 amide bonds. The molecule has 0 bridgehead atoms. The van der Waals surface area contributed by atoms with Crippen molar-refractivity contribution in [3.05, 3.63) is 0 Å². The van der Waals surface area contributed by atoms with E-state index in [-0.39, 0.29) is 0 Å². The number of unbranched alkanes of at least 4 members (excludes halogenated alkanes) is 8. The molecule has 0 aliphatic carbocycles. The fourth-order valence-electron chi connectivity index (χ4n) is 3.78. The summed E-state index contributed by atoms with van der Waals surface area (Å²) in [5.74, 6) is 2.85. The molecule has 0 aromatic heterocycles. The van der Waals surface area contributed by atoms with Gasteiger partial charge in [0, 0.05) is 0 Å². The molecular weight excluding hydrogens is 264 g/mol. The zero-order valence-electron chi connectivity index (χ0n) is 16.6. The van der Waals surface area contributed by atoms with E-state index in [9.17, 15) is 0 Å². The van der Waals surface area contributed by atoms with E-state index in [2.05, 4.69) is 34.6 Å². The Morgan fingerprint density at radius 1 is 0.500 bits per heavy atom. The van der Waals surface area contributed by atoms with E-state index in [0.29, 0.717) is 0 Å². The molecule has 0 aliphatic rings. The Labute approximate surface area is 142 Å². The van der Waals surface area contributed by atoms with Gasteiger partial charge in [-0.3, -0.25) is 0 Å². The van der Waals surface area contributed by atoms with Crippen LogP contribution in [0.3, 0.4) is 0 Å². The second-order valence-corrected chi connectivity index (χ2v) is 7.79. The molecule has 22 heavy (non-hydrogen) atoms. The predicted molar refractivity (Wildman–Crippen MR) is 103 cm³/mol. The van der Waals surface area contributed by atoms with Gasteiger partial charge in [0.05, 0.1) is 0 Å². The SMILES string of the molecule is CCCCCCC(C)C(C)C(CCCCC)CCCCCC. The molecule has 0 heterocycles. The molecule has 3 unspecified atom stereocenters. The van der Waals surface area contributed by atoms with E-state index in [1.807, 2.05) is 0 Å². The van der Waals surface area contributed by atoms with Crippen molar-refractivity contribution < 1.29 is 0 Å². The fraction of sp³-hybridized carbons (Fsp3) is 1.00. The second kappa shape index (κ2) is 15.9. The zero-order valence-corrected chi connectivity index (χ0v) is 16.6. The normalized spacial score (nSPS) is 15.7. The van der Waals surface area contributed by atoms with Crippen molar-refractivity contribution in [3.63, 3.8) is 0 Å². The van der Waals surface area contributed by atoms with Gasteiger partial charge in [0.2, 0.25) is 0 Å². The van der Waals surface area contributed by atoms with Crippen LogP contribution in [0.2, 0.25) is 0 Å². The average molecular weight is 311 g/mol. The molecule has 0 N–H and O–H groups in total. The van der Waals surface area contributed by atoms with Crippen LogP contribution in [0.1, 0.15) is 125 Å². The highest BCUT2D eigenvalue weighted by Crippen LogP contribution is 2.32. The maximum Gasteiger partial charge on any atom is -0.0386 e. The van der Waals surface area contributed by atoms with E-state index in [1.165, 1.54) is 89.9 Å². The fourth-order valence-corrected chi connectivity index (χ4v) is 3.78. The summed E-state index contributed by atoms with van der Waals surface area (Å²) in [7, 11) is 0. The van der Waals surface area contributed by atoms with Crippen molar-refractivity contribution in [1.29, 1.82) is 0 Å². The van der Waals surface area contributed by atoms with Crippen LogP contribution in [0.4, 0.5) is 0 Å². The summed E-state index contributed by atoms with van der Waals surface area (Å²) in [4.78, 5) is 0. The van der Waals surface area contributed by atoms with E-state index in [4.69, 9.17) is 0 Å². The summed E-state index contributed by atoms with van der Waals surface area (Å²) in [5, 5.41) is 0. The van der Waals surface area contributed by atoms with Gasteiger partial charge in [-0.25, -0.2) is 0 Å². The highest BCUT2D eigenvalue weighted by Gasteiger charge is 2.21. The van der Waals surface area contributed by atoms with Crippen LogP contribution < -0.4 is 0 Å². The lowest BCUT2D eigenvalue weighted by Gasteiger charge is -2.29. The maximum absolute atomic E-state index is 2.56. The Morgan fingerprint density at radius 2 is 0.909 bits per heavy atom. The van der Waals surface area contributed by atoms with Gasteiger partial charge >= 0.3 is 0 Å². The lowest BCUT2D eigenvalue weighted by atomic mass is 9.76.